The van der Waals surface area contributed by atoms with Crippen LogP contribution in [0, 0.1) is 0 Å². The number of methoxy groups -OCH3 is 1. The fourth-order valence-electron chi connectivity index (χ4n) is 3.06. The molecule has 0 unspecified atom stereocenters. The average Bonchev–Trinajstić information content (AvgIpc) is 2.66. The summed E-state index contributed by atoms with van der Waals surface area (Å²) in [5.41, 5.74) is 7.89. The summed E-state index contributed by atoms with van der Waals surface area (Å²) in [5, 5.41) is 0. The minimum absolute atomic E-state index is 0.0773. The van der Waals surface area contributed by atoms with Crippen molar-refractivity contribution in [1.29, 1.82) is 0 Å². The van der Waals surface area contributed by atoms with Crippen LogP contribution in [0.15, 0.2) is 48.5 Å². The van der Waals surface area contributed by atoms with Crippen molar-refractivity contribution in [2.75, 3.05) is 18.6 Å². The zero-order chi connectivity index (χ0) is 17.8. The monoisotopic (exact) mass is 340 g/mol. The van der Waals surface area contributed by atoms with Crippen LogP contribution in [0.3, 0.4) is 0 Å². The molecule has 1 fully saturated rings. The van der Waals surface area contributed by atoms with Gasteiger partial charge in [0.2, 0.25) is 5.91 Å². The zero-order valence-electron chi connectivity index (χ0n) is 14.6. The number of amides is 1. The van der Waals surface area contributed by atoms with Gasteiger partial charge in [-0.1, -0.05) is 31.5 Å². The molecule has 2 aromatic carbocycles. The maximum absolute atomic E-state index is 12.4. The Morgan fingerprint density at radius 3 is 2.60 bits per heavy atom. The summed E-state index contributed by atoms with van der Waals surface area (Å²) in [4.78, 5) is 14.1. The Labute approximate surface area is 148 Å². The van der Waals surface area contributed by atoms with Crippen LogP contribution >= 0.6 is 0 Å². The molecule has 0 aliphatic carbocycles. The van der Waals surface area contributed by atoms with Gasteiger partial charge in [0.05, 0.1) is 19.8 Å². The first-order valence-corrected chi connectivity index (χ1v) is 8.61. The summed E-state index contributed by atoms with van der Waals surface area (Å²) in [6, 6.07) is 14.5. The van der Waals surface area contributed by atoms with Gasteiger partial charge in [0.1, 0.15) is 17.5 Å². The number of rotatable bonds is 7. The average molecular weight is 340 g/mol. The van der Waals surface area contributed by atoms with E-state index >= 15 is 0 Å². The molecule has 5 nitrogen and oxygen atoms in total. The van der Waals surface area contributed by atoms with E-state index in [0.29, 0.717) is 6.61 Å². The molecule has 3 rings (SSSR count). The molecule has 0 spiro atoms. The third-order valence-electron chi connectivity index (χ3n) is 4.47. The van der Waals surface area contributed by atoms with Gasteiger partial charge in [0.25, 0.3) is 0 Å². The predicted octanol–water partition coefficient (Wildman–Crippen LogP) is 3.29. The number of unbranched alkanes of at least 4 members (excludes halogenated alkanes) is 1. The molecule has 1 amide bonds. The molecule has 2 atom stereocenters. The van der Waals surface area contributed by atoms with Gasteiger partial charge in [0, 0.05) is 17.3 Å². The molecule has 2 N–H and O–H groups in total. The third kappa shape index (κ3) is 3.33. The van der Waals surface area contributed by atoms with Gasteiger partial charge in [-0.05, 0) is 30.7 Å². The number of ether oxygens (including phenoxy) is 2. The van der Waals surface area contributed by atoms with Gasteiger partial charge in [-0.25, -0.2) is 0 Å². The highest BCUT2D eigenvalue weighted by atomic mass is 16.5. The standard InChI is InChI=1S/C20H24N2O3/c1-3-4-12-25-17-13-15(24-2)10-11-16(17)19-18(21)20(23)22(19)14-8-6-5-7-9-14/h5-11,13,18-19H,3-4,12,21H2,1-2H3/t18-,19-/m1/s1. The Hall–Kier alpha value is -2.53. The Kier molecular flexibility index (Phi) is 5.24. The van der Waals surface area contributed by atoms with Crippen LogP contribution in [0.4, 0.5) is 5.69 Å². The van der Waals surface area contributed by atoms with Gasteiger partial charge in [-0.2, -0.15) is 0 Å². The van der Waals surface area contributed by atoms with E-state index in [1.54, 1.807) is 12.0 Å². The minimum atomic E-state index is -0.567. The van der Waals surface area contributed by atoms with E-state index in [1.165, 1.54) is 0 Å². The van der Waals surface area contributed by atoms with Gasteiger partial charge in [-0.15, -0.1) is 0 Å². The second-order valence-electron chi connectivity index (χ2n) is 6.12. The number of nitrogens with zero attached hydrogens (tertiary/aromatic N) is 1. The molecular formula is C20H24N2O3. The lowest BCUT2D eigenvalue weighted by Crippen LogP contribution is -2.63. The lowest BCUT2D eigenvalue weighted by molar-refractivity contribution is -0.126. The molecule has 0 aromatic heterocycles. The van der Waals surface area contributed by atoms with Gasteiger partial charge in [-0.3, -0.25) is 4.79 Å². The molecule has 0 radical (unpaired) electrons. The van der Waals surface area contributed by atoms with Crippen molar-refractivity contribution in [3.05, 3.63) is 54.1 Å². The topological polar surface area (TPSA) is 64.8 Å². The van der Waals surface area contributed by atoms with Crippen molar-refractivity contribution < 1.29 is 14.3 Å². The Balaban J connectivity index is 1.94. The van der Waals surface area contributed by atoms with E-state index in [4.69, 9.17) is 15.2 Å². The number of anilines is 1. The molecule has 25 heavy (non-hydrogen) atoms. The molecule has 5 heteroatoms. The van der Waals surface area contributed by atoms with Crippen molar-refractivity contribution in [1.82, 2.24) is 0 Å². The lowest BCUT2D eigenvalue weighted by Gasteiger charge is -2.46. The maximum Gasteiger partial charge on any atom is 0.247 e. The van der Waals surface area contributed by atoms with E-state index in [9.17, 15) is 4.79 Å². The van der Waals surface area contributed by atoms with Crippen LogP contribution < -0.4 is 20.1 Å². The third-order valence-corrected chi connectivity index (χ3v) is 4.47. The SMILES string of the molecule is CCCCOc1cc(OC)ccc1[C@@H]1[C@@H](N)C(=O)N1c1ccccc1. The zero-order valence-corrected chi connectivity index (χ0v) is 14.6. The highest BCUT2D eigenvalue weighted by Gasteiger charge is 2.47. The summed E-state index contributed by atoms with van der Waals surface area (Å²) in [7, 11) is 1.62. The fourth-order valence-corrected chi connectivity index (χ4v) is 3.06. The van der Waals surface area contributed by atoms with E-state index < -0.39 is 6.04 Å². The Bertz CT molecular complexity index is 733. The molecule has 0 bridgehead atoms. The van der Waals surface area contributed by atoms with E-state index in [1.807, 2.05) is 48.5 Å². The second-order valence-corrected chi connectivity index (χ2v) is 6.12. The van der Waals surface area contributed by atoms with Gasteiger partial charge >= 0.3 is 0 Å². The summed E-state index contributed by atoms with van der Waals surface area (Å²) in [6.07, 6.45) is 2.02. The molecular weight excluding hydrogens is 316 g/mol. The highest BCUT2D eigenvalue weighted by Crippen LogP contribution is 2.42. The van der Waals surface area contributed by atoms with Crippen LogP contribution in [0.25, 0.3) is 0 Å². The predicted molar refractivity (Wildman–Crippen MR) is 98.0 cm³/mol. The molecule has 1 aliphatic heterocycles. The van der Waals surface area contributed by atoms with Gasteiger partial charge in [0.15, 0.2) is 0 Å². The quantitative estimate of drug-likeness (QED) is 0.620. The van der Waals surface area contributed by atoms with E-state index in [0.717, 1.165) is 35.6 Å². The van der Waals surface area contributed by atoms with Crippen LogP contribution in [0.5, 0.6) is 11.5 Å². The normalized spacial score (nSPS) is 19.5. The smallest absolute Gasteiger partial charge is 0.247 e. The van der Waals surface area contributed by atoms with Crippen LogP contribution in [0.2, 0.25) is 0 Å². The first-order valence-electron chi connectivity index (χ1n) is 8.61. The van der Waals surface area contributed by atoms with E-state index in [-0.39, 0.29) is 11.9 Å². The number of hydrogen-bond donors (Lipinski definition) is 1. The first-order chi connectivity index (χ1) is 12.2. The summed E-state index contributed by atoms with van der Waals surface area (Å²) in [6.45, 7) is 2.74. The Morgan fingerprint density at radius 2 is 1.92 bits per heavy atom. The molecule has 1 heterocycles. The van der Waals surface area contributed by atoms with Crippen molar-refractivity contribution >= 4 is 11.6 Å². The van der Waals surface area contributed by atoms with Crippen molar-refractivity contribution in [3.8, 4) is 11.5 Å². The minimum Gasteiger partial charge on any atom is -0.497 e. The summed E-state index contributed by atoms with van der Waals surface area (Å²) in [5.74, 6) is 1.37. The van der Waals surface area contributed by atoms with E-state index in [2.05, 4.69) is 6.92 Å². The maximum atomic E-state index is 12.4. The lowest BCUT2D eigenvalue weighted by atomic mass is 9.87. The number of carbonyl (C=O) groups excluding carboxylic acids is 1. The molecule has 2 aromatic rings. The van der Waals surface area contributed by atoms with Crippen LogP contribution in [-0.4, -0.2) is 25.7 Å². The molecule has 0 saturated carbocycles. The first kappa shape index (κ1) is 17.3. The van der Waals surface area contributed by atoms with Crippen molar-refractivity contribution in [2.24, 2.45) is 5.73 Å². The summed E-state index contributed by atoms with van der Waals surface area (Å²) < 4.78 is 11.3. The fraction of sp³-hybridized carbons (Fsp3) is 0.350. The van der Waals surface area contributed by atoms with Crippen LogP contribution in [-0.2, 0) is 4.79 Å². The number of carbonyl (C=O) groups is 1. The largest absolute Gasteiger partial charge is 0.497 e. The number of β-lactam (4-membered cyclic amide) rings is 1. The van der Waals surface area contributed by atoms with Crippen molar-refractivity contribution in [3.63, 3.8) is 0 Å². The number of nitrogens with two attached hydrogens (primary N) is 1. The number of hydrogen-bond acceptors (Lipinski definition) is 4. The molecule has 1 saturated heterocycles. The molecule has 1 aliphatic rings. The Morgan fingerprint density at radius 1 is 1.16 bits per heavy atom. The number of para-hydroxylation sites is 1. The highest BCUT2D eigenvalue weighted by molar-refractivity contribution is 6.05. The molecule has 132 valence electrons. The van der Waals surface area contributed by atoms with Gasteiger partial charge < -0.3 is 20.1 Å². The second kappa shape index (κ2) is 7.57. The van der Waals surface area contributed by atoms with Crippen LogP contribution in [0.1, 0.15) is 31.4 Å². The van der Waals surface area contributed by atoms with Crippen molar-refractivity contribution in [2.45, 2.75) is 31.8 Å². The summed E-state index contributed by atoms with van der Waals surface area (Å²) >= 11 is 0. The number of benzene rings is 2.